The Hall–Kier alpha value is -2.30. The van der Waals surface area contributed by atoms with Gasteiger partial charge in [-0.1, -0.05) is 0 Å². The molecule has 0 atom stereocenters. The van der Waals surface area contributed by atoms with Crippen LogP contribution in [0.2, 0.25) is 0 Å². The molecule has 0 amide bonds. The Morgan fingerprint density at radius 3 is 2.58 bits per heavy atom. The largest absolute Gasteiger partial charge is 0.490 e. The van der Waals surface area contributed by atoms with Crippen molar-refractivity contribution in [2.24, 2.45) is 0 Å². The van der Waals surface area contributed by atoms with E-state index in [-0.39, 0.29) is 12.4 Å². The standard InChI is InChI=1S/C14H16O5/c1-3-18-13-9-11(10(2)15)6-7-12(13)19-8-4-5-14(16)17/h4-7,9H,3,8H2,1-2H3,(H,16,17)/b5-4+. The van der Waals surface area contributed by atoms with Crippen LogP contribution in [0.1, 0.15) is 24.2 Å². The summed E-state index contributed by atoms with van der Waals surface area (Å²) in [5, 5.41) is 8.44. The first-order valence-corrected chi connectivity index (χ1v) is 5.84. The van der Waals surface area contributed by atoms with Gasteiger partial charge in [0.25, 0.3) is 0 Å². The van der Waals surface area contributed by atoms with Crippen LogP contribution < -0.4 is 9.47 Å². The number of carbonyl (C=O) groups excluding carboxylic acids is 1. The summed E-state index contributed by atoms with van der Waals surface area (Å²) in [5.74, 6) is -0.139. The number of hydrogen-bond donors (Lipinski definition) is 1. The summed E-state index contributed by atoms with van der Waals surface area (Å²) in [6, 6.07) is 4.89. The number of carboxylic acid groups (broad SMARTS) is 1. The van der Waals surface area contributed by atoms with E-state index in [9.17, 15) is 9.59 Å². The van der Waals surface area contributed by atoms with Crippen molar-refractivity contribution < 1.29 is 24.2 Å². The van der Waals surface area contributed by atoms with Gasteiger partial charge in [0.1, 0.15) is 6.61 Å². The molecule has 102 valence electrons. The van der Waals surface area contributed by atoms with E-state index >= 15 is 0 Å². The van der Waals surface area contributed by atoms with Crippen LogP contribution in [0.25, 0.3) is 0 Å². The summed E-state index contributed by atoms with van der Waals surface area (Å²) in [6.45, 7) is 3.87. The maximum Gasteiger partial charge on any atom is 0.328 e. The van der Waals surface area contributed by atoms with Crippen LogP contribution in [0.3, 0.4) is 0 Å². The first-order valence-electron chi connectivity index (χ1n) is 5.84. The molecule has 0 fully saturated rings. The average Bonchev–Trinajstić information content (AvgIpc) is 2.35. The van der Waals surface area contributed by atoms with Crippen LogP contribution in [-0.4, -0.2) is 30.1 Å². The molecule has 0 saturated heterocycles. The summed E-state index contributed by atoms with van der Waals surface area (Å²) < 4.78 is 10.8. The van der Waals surface area contributed by atoms with E-state index in [0.717, 1.165) is 6.08 Å². The lowest BCUT2D eigenvalue weighted by Crippen LogP contribution is -2.01. The molecule has 19 heavy (non-hydrogen) atoms. The third kappa shape index (κ3) is 4.83. The van der Waals surface area contributed by atoms with Crippen LogP contribution in [-0.2, 0) is 4.79 Å². The molecule has 1 N–H and O–H groups in total. The smallest absolute Gasteiger partial charge is 0.328 e. The van der Waals surface area contributed by atoms with E-state index in [0.29, 0.717) is 23.7 Å². The van der Waals surface area contributed by atoms with Crippen molar-refractivity contribution in [2.45, 2.75) is 13.8 Å². The first-order chi connectivity index (χ1) is 9.04. The number of ether oxygens (including phenoxy) is 2. The summed E-state index contributed by atoms with van der Waals surface area (Å²) in [5.41, 5.74) is 0.539. The van der Waals surface area contributed by atoms with Crippen molar-refractivity contribution in [2.75, 3.05) is 13.2 Å². The monoisotopic (exact) mass is 264 g/mol. The molecule has 0 aliphatic heterocycles. The minimum absolute atomic E-state index is 0.0572. The van der Waals surface area contributed by atoms with Gasteiger partial charge in [0.05, 0.1) is 6.61 Å². The van der Waals surface area contributed by atoms with E-state index in [1.165, 1.54) is 13.0 Å². The van der Waals surface area contributed by atoms with Gasteiger partial charge in [0, 0.05) is 11.6 Å². The summed E-state index contributed by atoms with van der Waals surface area (Å²) in [7, 11) is 0. The minimum atomic E-state index is -1.03. The second-order valence-corrected chi connectivity index (χ2v) is 3.70. The number of carbonyl (C=O) groups is 2. The fourth-order valence-electron chi connectivity index (χ4n) is 1.40. The molecule has 0 heterocycles. The van der Waals surface area contributed by atoms with Crippen molar-refractivity contribution in [1.82, 2.24) is 0 Å². The molecule has 1 rings (SSSR count). The minimum Gasteiger partial charge on any atom is -0.490 e. The Bertz CT molecular complexity index is 491. The number of hydrogen-bond acceptors (Lipinski definition) is 4. The number of rotatable bonds is 7. The maximum absolute atomic E-state index is 11.3. The molecular weight excluding hydrogens is 248 g/mol. The van der Waals surface area contributed by atoms with Gasteiger partial charge in [-0.2, -0.15) is 0 Å². The zero-order chi connectivity index (χ0) is 14.3. The SMILES string of the molecule is CCOc1cc(C(C)=O)ccc1OC/C=C/C(=O)O. The van der Waals surface area contributed by atoms with E-state index in [2.05, 4.69) is 0 Å². The molecule has 1 aromatic carbocycles. The molecule has 0 unspecified atom stereocenters. The molecule has 5 heteroatoms. The number of carboxylic acids is 1. The lowest BCUT2D eigenvalue weighted by atomic mass is 10.1. The number of aliphatic carboxylic acids is 1. The van der Waals surface area contributed by atoms with Crippen LogP contribution in [0.4, 0.5) is 0 Å². The van der Waals surface area contributed by atoms with Crippen molar-refractivity contribution in [1.29, 1.82) is 0 Å². The molecule has 1 aromatic rings. The van der Waals surface area contributed by atoms with E-state index < -0.39 is 5.97 Å². The van der Waals surface area contributed by atoms with E-state index in [1.54, 1.807) is 18.2 Å². The third-order valence-electron chi connectivity index (χ3n) is 2.25. The zero-order valence-electron chi connectivity index (χ0n) is 10.9. The van der Waals surface area contributed by atoms with Gasteiger partial charge >= 0.3 is 5.97 Å². The first kappa shape index (κ1) is 14.8. The van der Waals surface area contributed by atoms with Crippen molar-refractivity contribution in [3.05, 3.63) is 35.9 Å². The van der Waals surface area contributed by atoms with Crippen LogP contribution in [0.15, 0.2) is 30.4 Å². The maximum atomic E-state index is 11.3. The Morgan fingerprint density at radius 2 is 2.00 bits per heavy atom. The van der Waals surface area contributed by atoms with Gasteiger partial charge in [-0.05, 0) is 38.1 Å². The van der Waals surface area contributed by atoms with E-state index in [4.69, 9.17) is 14.6 Å². The predicted octanol–water partition coefficient (Wildman–Crippen LogP) is 2.31. The second-order valence-electron chi connectivity index (χ2n) is 3.70. The van der Waals surface area contributed by atoms with Gasteiger partial charge in [-0.3, -0.25) is 4.79 Å². The van der Waals surface area contributed by atoms with Crippen molar-refractivity contribution >= 4 is 11.8 Å². The van der Waals surface area contributed by atoms with Crippen LogP contribution in [0, 0.1) is 0 Å². The van der Waals surface area contributed by atoms with Gasteiger partial charge in [-0.15, -0.1) is 0 Å². The van der Waals surface area contributed by atoms with Crippen LogP contribution in [0.5, 0.6) is 11.5 Å². The topological polar surface area (TPSA) is 72.8 Å². The lowest BCUT2D eigenvalue weighted by Gasteiger charge is -2.11. The van der Waals surface area contributed by atoms with Gasteiger partial charge in [0.2, 0.25) is 0 Å². The summed E-state index contributed by atoms with van der Waals surface area (Å²) in [6.07, 6.45) is 2.39. The average molecular weight is 264 g/mol. The Kier molecular flexibility index (Phi) is 5.60. The molecule has 0 spiro atoms. The molecule has 0 aromatic heterocycles. The highest BCUT2D eigenvalue weighted by Gasteiger charge is 2.08. The predicted molar refractivity (Wildman–Crippen MR) is 69.9 cm³/mol. The Balaban J connectivity index is 2.81. The molecular formula is C14H16O5. The molecule has 0 saturated carbocycles. The summed E-state index contributed by atoms with van der Waals surface area (Å²) in [4.78, 5) is 21.6. The molecule has 5 nitrogen and oxygen atoms in total. The molecule has 0 aliphatic carbocycles. The highest BCUT2D eigenvalue weighted by atomic mass is 16.5. The molecule has 0 bridgehead atoms. The Morgan fingerprint density at radius 1 is 1.26 bits per heavy atom. The van der Waals surface area contributed by atoms with Gasteiger partial charge < -0.3 is 14.6 Å². The zero-order valence-corrected chi connectivity index (χ0v) is 10.9. The van der Waals surface area contributed by atoms with Gasteiger partial charge in [-0.25, -0.2) is 4.79 Å². The normalized spacial score (nSPS) is 10.4. The highest BCUT2D eigenvalue weighted by Crippen LogP contribution is 2.28. The number of Topliss-reactive ketones (excluding diaryl/α,β-unsaturated/α-hetero) is 1. The van der Waals surface area contributed by atoms with Crippen molar-refractivity contribution in [3.8, 4) is 11.5 Å². The van der Waals surface area contributed by atoms with Crippen LogP contribution >= 0.6 is 0 Å². The highest BCUT2D eigenvalue weighted by molar-refractivity contribution is 5.94. The van der Waals surface area contributed by atoms with Crippen molar-refractivity contribution in [3.63, 3.8) is 0 Å². The lowest BCUT2D eigenvalue weighted by molar-refractivity contribution is -0.131. The number of ketones is 1. The Labute approximate surface area is 111 Å². The second kappa shape index (κ2) is 7.20. The summed E-state index contributed by atoms with van der Waals surface area (Å²) >= 11 is 0. The quantitative estimate of drug-likeness (QED) is 0.604. The number of benzene rings is 1. The third-order valence-corrected chi connectivity index (χ3v) is 2.25. The van der Waals surface area contributed by atoms with E-state index in [1.807, 2.05) is 6.92 Å². The molecule has 0 aliphatic rings. The molecule has 0 radical (unpaired) electrons. The van der Waals surface area contributed by atoms with Gasteiger partial charge in [0.15, 0.2) is 17.3 Å². The fourth-order valence-corrected chi connectivity index (χ4v) is 1.40. The fraction of sp³-hybridized carbons (Fsp3) is 0.286.